The lowest BCUT2D eigenvalue weighted by molar-refractivity contribution is 0.717. The first-order valence-electron chi connectivity index (χ1n) is 5.58. The minimum Gasteiger partial charge on any atom is -0.0906 e. The van der Waals surface area contributed by atoms with Gasteiger partial charge in [-0.1, -0.05) is 50.3 Å². The van der Waals surface area contributed by atoms with Crippen molar-refractivity contribution >= 4 is 0 Å². The first-order valence-corrected chi connectivity index (χ1v) is 5.58. The van der Waals surface area contributed by atoms with Gasteiger partial charge in [0, 0.05) is 5.56 Å². The molecule has 0 atom stereocenters. The smallest absolute Gasteiger partial charge is 0.0249 e. The van der Waals surface area contributed by atoms with Gasteiger partial charge < -0.3 is 0 Å². The fourth-order valence-electron chi connectivity index (χ4n) is 1.47. The summed E-state index contributed by atoms with van der Waals surface area (Å²) in [5, 5.41) is 0. The molecule has 0 bridgehead atoms. The highest BCUT2D eigenvalue weighted by Crippen LogP contribution is 2.08. The fourth-order valence-corrected chi connectivity index (χ4v) is 1.47. The molecule has 0 aromatic heterocycles. The Morgan fingerprint density at radius 2 is 1.93 bits per heavy atom. The largest absolute Gasteiger partial charge is 0.0906 e. The minimum absolute atomic E-state index is 1.06. The summed E-state index contributed by atoms with van der Waals surface area (Å²) in [4.78, 5) is 0. The highest BCUT2D eigenvalue weighted by molar-refractivity contribution is 5.38. The van der Waals surface area contributed by atoms with Gasteiger partial charge >= 0.3 is 0 Å². The van der Waals surface area contributed by atoms with Gasteiger partial charge in [0.25, 0.3) is 0 Å². The third-order valence-corrected chi connectivity index (χ3v) is 2.34. The molecule has 0 spiro atoms. The molecule has 0 N–H and O–H groups in total. The van der Waals surface area contributed by atoms with Crippen LogP contribution in [-0.2, 0) is 6.42 Å². The Hall–Kier alpha value is -1.48. The Labute approximate surface area is 93.0 Å². The van der Waals surface area contributed by atoms with E-state index in [1.165, 1.54) is 31.2 Å². The van der Waals surface area contributed by atoms with E-state index in [9.17, 15) is 0 Å². The molecule has 0 nitrogen and oxygen atoms in total. The number of aryl methyl sites for hydroxylation is 1. The molecule has 0 aliphatic carbocycles. The number of hydrogen-bond acceptors (Lipinski definition) is 0. The second kappa shape index (κ2) is 6.90. The van der Waals surface area contributed by atoms with Gasteiger partial charge in [-0.2, -0.15) is 0 Å². The molecule has 0 heteroatoms. The summed E-state index contributed by atoms with van der Waals surface area (Å²) in [6.45, 7) is 5.80. The lowest BCUT2D eigenvalue weighted by Crippen LogP contribution is -1.85. The second-order valence-electron chi connectivity index (χ2n) is 3.63. The lowest BCUT2D eigenvalue weighted by Gasteiger charge is -2.00. The number of allylic oxidation sites excluding steroid dienone is 1. The zero-order valence-electron chi connectivity index (χ0n) is 9.42. The molecule has 0 saturated heterocycles. The van der Waals surface area contributed by atoms with Crippen LogP contribution in [0.3, 0.4) is 0 Å². The number of unbranched alkanes of at least 4 members (excludes halogenated alkanes) is 2. The molecule has 15 heavy (non-hydrogen) atoms. The van der Waals surface area contributed by atoms with E-state index in [1.807, 2.05) is 0 Å². The quantitative estimate of drug-likeness (QED) is 0.507. The maximum absolute atomic E-state index is 3.57. The summed E-state index contributed by atoms with van der Waals surface area (Å²) in [6, 6.07) is 8.50. The van der Waals surface area contributed by atoms with Crippen molar-refractivity contribution in [1.82, 2.24) is 0 Å². The minimum atomic E-state index is 1.06. The predicted octanol–water partition coefficient (Wildman–Crippen LogP) is 3.96. The highest BCUT2D eigenvalue weighted by atomic mass is 14.0. The fraction of sp³-hybridized carbons (Fsp3) is 0.333. The van der Waals surface area contributed by atoms with Crippen molar-refractivity contribution < 1.29 is 0 Å². The van der Waals surface area contributed by atoms with Crippen LogP contribution < -0.4 is 0 Å². The Balaban J connectivity index is 2.52. The molecule has 0 radical (unpaired) electrons. The van der Waals surface area contributed by atoms with Gasteiger partial charge in [0.05, 0.1) is 0 Å². The Kier molecular flexibility index (Phi) is 5.33. The first-order chi connectivity index (χ1) is 7.36. The van der Waals surface area contributed by atoms with Crippen molar-refractivity contribution in [1.29, 1.82) is 0 Å². The first kappa shape index (κ1) is 11.6. The molecule has 1 aromatic carbocycles. The maximum atomic E-state index is 3.57. The standard InChI is InChI=1S/C15H18/c1-3-5-7-9-15-12-10-14(11-13-15)8-6-4-2/h4,10-13H,2-3,5,7,9H2,1H3. The van der Waals surface area contributed by atoms with Crippen molar-refractivity contribution in [3.63, 3.8) is 0 Å². The van der Waals surface area contributed by atoms with Gasteiger partial charge in [0.15, 0.2) is 0 Å². The van der Waals surface area contributed by atoms with Crippen molar-refractivity contribution in [2.75, 3.05) is 0 Å². The van der Waals surface area contributed by atoms with Crippen LogP contribution in [0.4, 0.5) is 0 Å². The molecule has 1 aromatic rings. The molecule has 0 amide bonds. The zero-order chi connectivity index (χ0) is 10.9. The van der Waals surface area contributed by atoms with E-state index in [1.54, 1.807) is 6.08 Å². The number of benzene rings is 1. The van der Waals surface area contributed by atoms with E-state index >= 15 is 0 Å². The van der Waals surface area contributed by atoms with Gasteiger partial charge in [0.1, 0.15) is 0 Å². The van der Waals surface area contributed by atoms with Gasteiger partial charge in [-0.05, 0) is 36.6 Å². The third kappa shape index (κ3) is 4.51. The Bertz CT molecular complexity index is 346. The molecule has 0 heterocycles. The van der Waals surface area contributed by atoms with Gasteiger partial charge in [-0.3, -0.25) is 0 Å². The lowest BCUT2D eigenvalue weighted by atomic mass is 10.1. The summed E-state index contributed by atoms with van der Waals surface area (Å²) in [5.41, 5.74) is 2.47. The number of hydrogen-bond donors (Lipinski definition) is 0. The average molecular weight is 198 g/mol. The molecule has 0 aliphatic heterocycles. The van der Waals surface area contributed by atoms with Crippen molar-refractivity contribution in [3.05, 3.63) is 48.0 Å². The molecule has 0 fully saturated rings. The van der Waals surface area contributed by atoms with E-state index in [4.69, 9.17) is 0 Å². The zero-order valence-corrected chi connectivity index (χ0v) is 9.42. The molecule has 0 saturated carbocycles. The molecular formula is C15H18. The summed E-state index contributed by atoms with van der Waals surface area (Å²) >= 11 is 0. The van der Waals surface area contributed by atoms with Crippen LogP contribution in [0.25, 0.3) is 0 Å². The molecular weight excluding hydrogens is 180 g/mol. The molecule has 78 valence electrons. The SMILES string of the molecule is C=CC#Cc1ccc(CCCCC)cc1. The molecule has 0 unspecified atom stereocenters. The Morgan fingerprint density at radius 3 is 2.53 bits per heavy atom. The van der Waals surface area contributed by atoms with Crippen molar-refractivity contribution in [2.45, 2.75) is 32.6 Å². The van der Waals surface area contributed by atoms with Crippen LogP contribution in [0.1, 0.15) is 37.3 Å². The van der Waals surface area contributed by atoms with E-state index < -0.39 is 0 Å². The van der Waals surface area contributed by atoms with Crippen molar-refractivity contribution in [3.8, 4) is 11.8 Å². The predicted molar refractivity (Wildman–Crippen MR) is 66.7 cm³/mol. The maximum Gasteiger partial charge on any atom is 0.0249 e. The van der Waals surface area contributed by atoms with Crippen LogP contribution >= 0.6 is 0 Å². The summed E-state index contributed by atoms with van der Waals surface area (Å²) in [7, 11) is 0. The summed E-state index contributed by atoms with van der Waals surface area (Å²) in [6.07, 6.45) is 6.69. The van der Waals surface area contributed by atoms with Gasteiger partial charge in [-0.25, -0.2) is 0 Å². The van der Waals surface area contributed by atoms with Crippen LogP contribution in [0, 0.1) is 11.8 Å². The van der Waals surface area contributed by atoms with Crippen LogP contribution in [-0.4, -0.2) is 0 Å². The average Bonchev–Trinajstić information content (AvgIpc) is 2.28. The third-order valence-electron chi connectivity index (χ3n) is 2.34. The van der Waals surface area contributed by atoms with Gasteiger partial charge in [0.2, 0.25) is 0 Å². The van der Waals surface area contributed by atoms with E-state index in [0.29, 0.717) is 0 Å². The Morgan fingerprint density at radius 1 is 1.20 bits per heavy atom. The van der Waals surface area contributed by atoms with E-state index in [-0.39, 0.29) is 0 Å². The summed E-state index contributed by atoms with van der Waals surface area (Å²) < 4.78 is 0. The topological polar surface area (TPSA) is 0 Å². The van der Waals surface area contributed by atoms with Crippen LogP contribution in [0.2, 0.25) is 0 Å². The summed E-state index contributed by atoms with van der Waals surface area (Å²) in [5.74, 6) is 5.87. The molecule has 1 rings (SSSR count). The van der Waals surface area contributed by atoms with E-state index in [2.05, 4.69) is 49.6 Å². The van der Waals surface area contributed by atoms with Gasteiger partial charge in [-0.15, -0.1) is 0 Å². The monoisotopic (exact) mass is 198 g/mol. The normalized spacial score (nSPS) is 9.13. The van der Waals surface area contributed by atoms with Crippen LogP contribution in [0.15, 0.2) is 36.9 Å². The van der Waals surface area contributed by atoms with E-state index in [0.717, 1.165) is 5.56 Å². The molecule has 0 aliphatic rings. The second-order valence-corrected chi connectivity index (χ2v) is 3.63. The highest BCUT2D eigenvalue weighted by Gasteiger charge is 1.92. The number of rotatable bonds is 4. The van der Waals surface area contributed by atoms with Crippen molar-refractivity contribution in [2.24, 2.45) is 0 Å². The van der Waals surface area contributed by atoms with Crippen LogP contribution in [0.5, 0.6) is 0 Å².